The van der Waals surface area contributed by atoms with Gasteiger partial charge in [0.15, 0.2) is 0 Å². The summed E-state index contributed by atoms with van der Waals surface area (Å²) in [5.74, 6) is 0.629. The van der Waals surface area contributed by atoms with E-state index in [1.54, 1.807) is 0 Å². The third kappa shape index (κ3) is 5.22. The molecule has 0 aliphatic carbocycles. The van der Waals surface area contributed by atoms with Gasteiger partial charge in [-0.05, 0) is 69.2 Å². The summed E-state index contributed by atoms with van der Waals surface area (Å²) in [6.07, 6.45) is 3.04. The highest BCUT2D eigenvalue weighted by atomic mass is 32.1. The van der Waals surface area contributed by atoms with Gasteiger partial charge < -0.3 is 0 Å². The minimum Gasteiger partial charge on any atom is -0.256 e. The molecule has 0 saturated heterocycles. The minimum atomic E-state index is 0.101. The topological polar surface area (TPSA) is 12.9 Å². The van der Waals surface area contributed by atoms with Gasteiger partial charge in [-0.15, -0.1) is 11.3 Å². The zero-order chi connectivity index (χ0) is 26.5. The summed E-state index contributed by atoms with van der Waals surface area (Å²) in [7, 11) is 0. The van der Waals surface area contributed by atoms with Crippen molar-refractivity contribution in [3.63, 3.8) is 0 Å². The first-order valence-corrected chi connectivity index (χ1v) is 14.3. The standard InChI is InChI=1S/C35H39NS/c1-22(2)16-23-14-15-36-31(17-23)30-11-9-10-29-28-13-12-24(20-32(28)37-33(29)30)25-18-26(34(3,4)5)21-27(19-25)35(6,7)8/h9-15,17-22H,16H2,1-8H3. The van der Waals surface area contributed by atoms with Crippen LogP contribution >= 0.6 is 11.3 Å². The number of fused-ring (bicyclic) bond motifs is 3. The number of pyridine rings is 1. The number of thiophene rings is 1. The third-order valence-electron chi connectivity index (χ3n) is 7.24. The van der Waals surface area contributed by atoms with Crippen LogP contribution in [0, 0.1) is 5.92 Å². The van der Waals surface area contributed by atoms with Gasteiger partial charge in [-0.1, -0.05) is 104 Å². The van der Waals surface area contributed by atoms with Crippen molar-refractivity contribution in [3.8, 4) is 22.4 Å². The molecule has 0 N–H and O–H groups in total. The van der Waals surface area contributed by atoms with Crippen LogP contribution in [0.1, 0.15) is 72.1 Å². The fourth-order valence-corrected chi connectivity index (χ4v) is 6.32. The minimum absolute atomic E-state index is 0.101. The third-order valence-corrected chi connectivity index (χ3v) is 8.44. The van der Waals surface area contributed by atoms with E-state index in [9.17, 15) is 0 Å². The lowest BCUT2D eigenvalue weighted by Crippen LogP contribution is -2.16. The summed E-state index contributed by atoms with van der Waals surface area (Å²) in [4.78, 5) is 4.77. The number of aromatic nitrogens is 1. The van der Waals surface area contributed by atoms with Crippen LogP contribution in [0.2, 0.25) is 0 Å². The van der Waals surface area contributed by atoms with Gasteiger partial charge in [0.2, 0.25) is 0 Å². The lowest BCUT2D eigenvalue weighted by Gasteiger charge is -2.26. The van der Waals surface area contributed by atoms with E-state index in [1.165, 1.54) is 53.6 Å². The molecular weight excluding hydrogens is 466 g/mol. The Morgan fingerprint density at radius 1 is 0.730 bits per heavy atom. The van der Waals surface area contributed by atoms with Gasteiger partial charge in [0.1, 0.15) is 0 Å². The van der Waals surface area contributed by atoms with Crippen LogP contribution in [0.3, 0.4) is 0 Å². The highest BCUT2D eigenvalue weighted by Crippen LogP contribution is 2.42. The molecule has 3 aromatic carbocycles. The second kappa shape index (κ2) is 9.40. The summed E-state index contributed by atoms with van der Waals surface area (Å²) in [6, 6.07) is 25.3. The van der Waals surface area contributed by atoms with Gasteiger partial charge in [0.25, 0.3) is 0 Å². The molecule has 0 bridgehead atoms. The highest BCUT2D eigenvalue weighted by molar-refractivity contribution is 7.26. The molecular formula is C35H39NS. The van der Waals surface area contributed by atoms with E-state index >= 15 is 0 Å². The normalized spacial score (nSPS) is 12.7. The molecule has 1 nitrogen and oxygen atoms in total. The van der Waals surface area contributed by atoms with Crippen LogP contribution in [-0.4, -0.2) is 4.98 Å². The molecule has 190 valence electrons. The fourth-order valence-electron chi connectivity index (χ4n) is 5.06. The van der Waals surface area contributed by atoms with Gasteiger partial charge in [-0.2, -0.15) is 0 Å². The fraction of sp³-hybridized carbons (Fsp3) is 0.343. The second-order valence-corrected chi connectivity index (χ2v) is 14.0. The van der Waals surface area contributed by atoms with Crippen LogP contribution in [0.15, 0.2) is 72.9 Å². The number of benzene rings is 3. The second-order valence-electron chi connectivity index (χ2n) is 12.9. The van der Waals surface area contributed by atoms with E-state index in [0.29, 0.717) is 5.92 Å². The Morgan fingerprint density at radius 2 is 1.43 bits per heavy atom. The Hall–Kier alpha value is -2.97. The zero-order valence-electron chi connectivity index (χ0n) is 23.6. The molecule has 0 saturated carbocycles. The Morgan fingerprint density at radius 3 is 2.08 bits per heavy atom. The Kier molecular flexibility index (Phi) is 6.52. The van der Waals surface area contributed by atoms with Crippen molar-refractivity contribution in [2.75, 3.05) is 0 Å². The molecule has 2 heterocycles. The van der Waals surface area contributed by atoms with E-state index in [-0.39, 0.29) is 10.8 Å². The largest absolute Gasteiger partial charge is 0.256 e. The molecule has 2 heteroatoms. The van der Waals surface area contributed by atoms with E-state index in [0.717, 1.165) is 12.1 Å². The van der Waals surface area contributed by atoms with E-state index in [2.05, 4.69) is 122 Å². The Labute approximate surface area is 226 Å². The van der Waals surface area contributed by atoms with Crippen molar-refractivity contribution >= 4 is 31.5 Å². The van der Waals surface area contributed by atoms with Crippen molar-refractivity contribution in [2.45, 2.75) is 72.6 Å². The summed E-state index contributed by atoms with van der Waals surface area (Å²) in [5, 5.41) is 2.64. The van der Waals surface area contributed by atoms with Gasteiger partial charge in [-0.25, -0.2) is 0 Å². The first-order chi connectivity index (χ1) is 17.4. The summed E-state index contributed by atoms with van der Waals surface area (Å²) < 4.78 is 2.65. The van der Waals surface area contributed by atoms with Crippen molar-refractivity contribution in [1.82, 2.24) is 4.98 Å². The Bertz CT molecular complexity index is 1560. The molecule has 0 amide bonds. The predicted octanol–water partition coefficient (Wildman–Crippen LogP) is 10.6. The molecule has 0 aliphatic rings. The summed E-state index contributed by atoms with van der Waals surface area (Å²) in [5.41, 5.74) is 9.23. The van der Waals surface area contributed by atoms with Crippen molar-refractivity contribution < 1.29 is 0 Å². The molecule has 0 fully saturated rings. The first-order valence-electron chi connectivity index (χ1n) is 13.5. The van der Waals surface area contributed by atoms with Gasteiger partial charge in [-0.3, -0.25) is 4.98 Å². The molecule has 0 radical (unpaired) electrons. The summed E-state index contributed by atoms with van der Waals surface area (Å²) >= 11 is 1.89. The number of hydrogen-bond donors (Lipinski definition) is 0. The quantitative estimate of drug-likeness (QED) is 0.237. The van der Waals surface area contributed by atoms with Crippen LogP contribution in [0.4, 0.5) is 0 Å². The van der Waals surface area contributed by atoms with Crippen LogP contribution in [-0.2, 0) is 17.3 Å². The first kappa shape index (κ1) is 25.7. The monoisotopic (exact) mass is 505 g/mol. The van der Waals surface area contributed by atoms with E-state index in [4.69, 9.17) is 4.98 Å². The Balaban J connectivity index is 1.65. The maximum atomic E-state index is 4.77. The SMILES string of the molecule is CC(C)Cc1ccnc(-c2cccc3c2sc2cc(-c4cc(C(C)(C)C)cc(C(C)(C)C)c4)ccc23)c1. The molecule has 5 aromatic rings. The smallest absolute Gasteiger partial charge is 0.0719 e. The lowest BCUT2D eigenvalue weighted by molar-refractivity contribution is 0.569. The molecule has 2 aromatic heterocycles. The maximum Gasteiger partial charge on any atom is 0.0719 e. The predicted molar refractivity (Wildman–Crippen MR) is 164 cm³/mol. The maximum absolute atomic E-state index is 4.77. The number of rotatable bonds is 4. The molecule has 0 unspecified atom stereocenters. The van der Waals surface area contributed by atoms with Crippen LogP contribution in [0.25, 0.3) is 42.6 Å². The van der Waals surface area contributed by atoms with Gasteiger partial charge in [0, 0.05) is 31.9 Å². The number of nitrogens with zero attached hydrogens (tertiary/aromatic N) is 1. The molecule has 37 heavy (non-hydrogen) atoms. The van der Waals surface area contributed by atoms with E-state index < -0.39 is 0 Å². The van der Waals surface area contributed by atoms with Crippen molar-refractivity contribution in [2.24, 2.45) is 5.92 Å². The van der Waals surface area contributed by atoms with E-state index in [1.807, 2.05) is 17.5 Å². The molecule has 0 atom stereocenters. The zero-order valence-corrected chi connectivity index (χ0v) is 24.4. The average molecular weight is 506 g/mol. The van der Waals surface area contributed by atoms with Crippen molar-refractivity contribution in [3.05, 3.63) is 89.6 Å². The summed E-state index contributed by atoms with van der Waals surface area (Å²) in [6.45, 7) is 18.4. The van der Waals surface area contributed by atoms with Gasteiger partial charge >= 0.3 is 0 Å². The van der Waals surface area contributed by atoms with Crippen LogP contribution < -0.4 is 0 Å². The average Bonchev–Trinajstić information content (AvgIpc) is 3.20. The lowest BCUT2D eigenvalue weighted by atomic mass is 9.79. The highest BCUT2D eigenvalue weighted by Gasteiger charge is 2.21. The molecule has 0 spiro atoms. The van der Waals surface area contributed by atoms with Crippen molar-refractivity contribution in [1.29, 1.82) is 0 Å². The van der Waals surface area contributed by atoms with Crippen LogP contribution in [0.5, 0.6) is 0 Å². The van der Waals surface area contributed by atoms with Gasteiger partial charge in [0.05, 0.1) is 5.69 Å². The molecule has 5 rings (SSSR count). The molecule has 0 aliphatic heterocycles. The number of hydrogen-bond acceptors (Lipinski definition) is 2.